The number of hydrogen-bond acceptors (Lipinski definition) is 0. The van der Waals surface area contributed by atoms with Gasteiger partial charge in [0.15, 0.2) is 29.6 Å². The van der Waals surface area contributed by atoms with Crippen LogP contribution >= 0.6 is 244 Å². The van der Waals surface area contributed by atoms with Gasteiger partial charge >= 0.3 is 0 Å². The molecule has 0 aromatic carbocycles. The molecule has 0 spiro atoms. The highest BCUT2D eigenvalue weighted by Gasteiger charge is 2.17. The van der Waals surface area contributed by atoms with Gasteiger partial charge in [0.2, 0.25) is 0 Å². The molecule has 0 N–H and O–H groups in total. The summed E-state index contributed by atoms with van der Waals surface area (Å²) in [4.78, 5) is 0. The van der Waals surface area contributed by atoms with Crippen LogP contribution in [0, 0.1) is 0 Å². The molecular weight excluding hydrogens is 901 g/mol. The Balaban J connectivity index is -0.0000000526. The Morgan fingerprint density at radius 1 is 0.382 bits per heavy atom. The van der Waals surface area contributed by atoms with Gasteiger partial charge in [0, 0.05) is 0 Å². The fourth-order valence-corrected chi connectivity index (χ4v) is 1.15. The lowest BCUT2D eigenvalue weighted by Crippen LogP contribution is -2.00. The van der Waals surface area contributed by atoms with Gasteiger partial charge in [-0.25, -0.2) is 0 Å². The summed E-state index contributed by atoms with van der Waals surface area (Å²) in [7, 11) is 0. The van der Waals surface area contributed by atoms with Crippen molar-refractivity contribution in [2.45, 2.75) is 68.6 Å². The van der Waals surface area contributed by atoms with Crippen molar-refractivity contribution in [3.05, 3.63) is 0 Å². The van der Waals surface area contributed by atoms with Crippen molar-refractivity contribution in [3.8, 4) is 0 Å². The minimum atomic E-state index is -1.03. The van der Waals surface area contributed by atoms with Crippen LogP contribution in [-0.2, 0) is 0 Å². The molecule has 218 valence electrons. The van der Waals surface area contributed by atoms with Gasteiger partial charge in [-0.05, 0) is 12.8 Å². The molecule has 0 radical (unpaired) electrons. The maximum absolute atomic E-state index is 5.54. The largest absolute Gasteiger partial charge is 0.190 e. The summed E-state index contributed by atoms with van der Waals surface area (Å²) < 4.78 is -5.53. The molecule has 0 amide bonds. The molecule has 0 saturated carbocycles. The van der Waals surface area contributed by atoms with Crippen LogP contribution in [-0.4, -0.2) is 29.6 Å². The maximum Gasteiger partial charge on any atom is 0.190 e. The van der Waals surface area contributed by atoms with Crippen molar-refractivity contribution in [1.29, 1.82) is 0 Å². The van der Waals surface area contributed by atoms with Crippen LogP contribution in [0.25, 0.3) is 0 Å². The van der Waals surface area contributed by atoms with E-state index in [-0.39, 0.29) is 0 Å². The number of rotatable bonds is 4. The van der Waals surface area contributed by atoms with Crippen molar-refractivity contribution >= 4 is 244 Å². The van der Waals surface area contributed by atoms with E-state index in [0.29, 0.717) is 6.42 Å². The zero-order valence-corrected chi connectivity index (χ0v) is 32.3. The molecule has 0 atom stereocenters. The van der Waals surface area contributed by atoms with Crippen LogP contribution in [0.4, 0.5) is 0 Å². The second kappa shape index (κ2) is 46.1. The van der Waals surface area contributed by atoms with E-state index in [1.165, 1.54) is 19.3 Å². The Morgan fingerprint density at radius 3 is 0.676 bits per heavy atom. The summed E-state index contributed by atoms with van der Waals surface area (Å²) in [6, 6.07) is 0. The van der Waals surface area contributed by atoms with Gasteiger partial charge < -0.3 is 0 Å². The summed E-state index contributed by atoms with van der Waals surface area (Å²) in [5, 5.41) is 0. The highest BCUT2D eigenvalue weighted by molar-refractivity contribution is 6.67. The first-order valence-electron chi connectivity index (χ1n) is 7.56. The van der Waals surface area contributed by atoms with Gasteiger partial charge in [0.25, 0.3) is 0 Å². The number of unbranched alkanes of at least 4 members (excludes halogenated alkanes) is 3. The molecule has 0 fully saturated rings. The zero-order valence-electron chi connectivity index (χ0n) is 16.4. The third-order valence-electron chi connectivity index (χ3n) is 1.31. The molecule has 34 heavy (non-hydrogen) atoms. The van der Waals surface area contributed by atoms with Crippen molar-refractivity contribution in [2.75, 3.05) is 0 Å². The third kappa shape index (κ3) is 306. The molecule has 0 aliphatic carbocycles. The Morgan fingerprint density at radius 2 is 0.559 bits per heavy atom. The first-order chi connectivity index (χ1) is 15.0. The minimum absolute atomic E-state index is 0.678. The van der Waals surface area contributed by atoms with E-state index in [1.807, 2.05) is 0 Å². The van der Waals surface area contributed by atoms with E-state index in [4.69, 9.17) is 244 Å². The Hall–Kier alpha value is 6.09. The first-order valence-corrected chi connectivity index (χ1v) is 16.5. The zero-order chi connectivity index (χ0) is 29.5. The van der Waals surface area contributed by atoms with Crippen molar-refractivity contribution in [1.82, 2.24) is 0 Å². The molecule has 0 aliphatic heterocycles. The van der Waals surface area contributed by atoms with Gasteiger partial charge in [-0.3, -0.25) is 0 Å². The Kier molecular flexibility index (Phi) is 75.8. The van der Waals surface area contributed by atoms with E-state index in [0.717, 1.165) is 6.42 Å². The van der Waals surface area contributed by atoms with E-state index < -0.39 is 29.6 Å². The molecule has 0 aliphatic rings. The second-order valence-corrected chi connectivity index (χ2v) is 18.3. The van der Waals surface area contributed by atoms with Gasteiger partial charge in [-0.1, -0.05) is 270 Å². The molecule has 0 saturated heterocycles. The summed E-state index contributed by atoms with van der Waals surface area (Å²) in [5.74, 6) is 0. The predicted octanol–water partition coefficient (Wildman–Crippen LogP) is 16.2. The standard InChI is InChI=1S/C7H13Cl3.6CHCl3/c1-2-3-4-5-6-7(8,9)10;6*2-1(3)4/h2-6H2,1H3;6*1H. The molecule has 0 nitrogen and oxygen atoms in total. The van der Waals surface area contributed by atoms with Crippen LogP contribution < -0.4 is 0 Å². The molecule has 0 unspecified atom stereocenters. The van der Waals surface area contributed by atoms with Crippen LogP contribution in [0.3, 0.4) is 0 Å². The van der Waals surface area contributed by atoms with Gasteiger partial charge in [0.05, 0.1) is 0 Å². The summed E-state index contributed by atoms with van der Waals surface area (Å²) >= 11 is 103. The third-order valence-corrected chi connectivity index (χ3v) is 1.88. The molecule has 0 heterocycles. The van der Waals surface area contributed by atoms with Crippen LogP contribution in [0.15, 0.2) is 0 Å². The highest BCUT2D eigenvalue weighted by Crippen LogP contribution is 2.32. The summed E-state index contributed by atoms with van der Waals surface area (Å²) in [6.07, 6.45) is 5.33. The van der Waals surface area contributed by atoms with Crippen molar-refractivity contribution < 1.29 is 0 Å². The van der Waals surface area contributed by atoms with Gasteiger partial charge in [-0.15, -0.1) is 0 Å². The monoisotopic (exact) mass is 909 g/mol. The lowest BCUT2D eigenvalue weighted by molar-refractivity contribution is 0.639. The van der Waals surface area contributed by atoms with Crippen molar-refractivity contribution in [2.24, 2.45) is 0 Å². The molecule has 0 rings (SSSR count). The number of alkyl halides is 21. The lowest BCUT2D eigenvalue weighted by atomic mass is 10.2. The molecule has 21 heteroatoms. The van der Waals surface area contributed by atoms with Crippen molar-refractivity contribution in [3.63, 3.8) is 0 Å². The van der Waals surface area contributed by atoms with E-state index in [1.54, 1.807) is 0 Å². The van der Waals surface area contributed by atoms with Crippen LogP contribution in [0.5, 0.6) is 0 Å². The average molecular weight is 920 g/mol. The van der Waals surface area contributed by atoms with E-state index in [2.05, 4.69) is 6.92 Å². The van der Waals surface area contributed by atoms with E-state index >= 15 is 0 Å². The topological polar surface area (TPSA) is 0 Å². The average Bonchev–Trinajstić information content (AvgIpc) is 2.47. The van der Waals surface area contributed by atoms with Crippen LogP contribution in [0.1, 0.15) is 39.0 Å². The molecule has 0 aromatic rings. The number of hydrogen-bond donors (Lipinski definition) is 0. The quantitative estimate of drug-likeness (QED) is 0.195. The normalized spacial score (nSPS) is 9.88. The Labute approximate surface area is 308 Å². The maximum atomic E-state index is 5.54. The summed E-state index contributed by atoms with van der Waals surface area (Å²) in [5.41, 5.74) is 0. The summed E-state index contributed by atoms with van der Waals surface area (Å²) in [6.45, 7) is 2.16. The van der Waals surface area contributed by atoms with E-state index in [9.17, 15) is 0 Å². The first kappa shape index (κ1) is 55.9. The Bertz CT molecular complexity index is 230. The second-order valence-electron chi connectivity index (χ2n) is 3.91. The lowest BCUT2D eigenvalue weighted by Gasteiger charge is -2.08. The highest BCUT2D eigenvalue weighted by atomic mass is 35.6. The SMILES string of the molecule is CCCCCCC(Cl)(Cl)Cl.ClC(Cl)Cl.ClC(Cl)Cl.ClC(Cl)Cl.ClC(Cl)Cl.ClC(Cl)Cl.ClC(Cl)Cl. The molecule has 0 bridgehead atoms. The van der Waals surface area contributed by atoms with Gasteiger partial charge in [-0.2, -0.15) is 0 Å². The minimum Gasteiger partial charge on any atom is -0.0874 e. The number of halogens is 21. The van der Waals surface area contributed by atoms with Gasteiger partial charge in [0.1, 0.15) is 0 Å². The fraction of sp³-hybridized carbons (Fsp3) is 1.00. The molecular formula is C13H19Cl21. The smallest absolute Gasteiger partial charge is 0.0874 e. The predicted molar refractivity (Wildman–Crippen MR) is 177 cm³/mol. The molecule has 0 aromatic heterocycles. The van der Waals surface area contributed by atoms with Crippen LogP contribution in [0.2, 0.25) is 0 Å². The fourth-order valence-electron chi connectivity index (χ4n) is 0.752.